The molecule has 1 rings (SSSR count). The molecule has 0 amide bonds. The molecular weight excluding hydrogens is 241 g/mol. The summed E-state index contributed by atoms with van der Waals surface area (Å²) in [5, 5.41) is 4.68. The van der Waals surface area contributed by atoms with Gasteiger partial charge >= 0.3 is 0 Å². The van der Waals surface area contributed by atoms with Crippen LogP contribution in [0.3, 0.4) is 0 Å². The molecule has 0 aromatic heterocycles. The van der Waals surface area contributed by atoms with E-state index in [0.717, 1.165) is 18.4 Å². The molecule has 0 saturated carbocycles. The van der Waals surface area contributed by atoms with E-state index in [4.69, 9.17) is 23.2 Å². The summed E-state index contributed by atoms with van der Waals surface area (Å²) in [7, 11) is 1.92. The smallest absolute Gasteiger partial charge is 0.0468 e. The van der Waals surface area contributed by atoms with Crippen LogP contribution in [0.15, 0.2) is 30.4 Å². The molecule has 1 nitrogen and oxygen atoms in total. The highest BCUT2D eigenvalue weighted by Crippen LogP contribution is 2.32. The molecule has 16 heavy (non-hydrogen) atoms. The predicted octanol–water partition coefficient (Wildman–Crippen LogP) is 4.61. The number of rotatable bonds is 5. The van der Waals surface area contributed by atoms with E-state index in [-0.39, 0.29) is 6.04 Å². The first-order chi connectivity index (χ1) is 7.56. The molecule has 0 saturated heterocycles. The number of halogens is 2. The summed E-state index contributed by atoms with van der Waals surface area (Å²) in [5.41, 5.74) is 2.15. The van der Waals surface area contributed by atoms with Crippen molar-refractivity contribution in [3.63, 3.8) is 0 Å². The van der Waals surface area contributed by atoms with Gasteiger partial charge in [-0.25, -0.2) is 0 Å². The van der Waals surface area contributed by atoms with Gasteiger partial charge in [0.1, 0.15) is 0 Å². The Morgan fingerprint density at radius 3 is 2.38 bits per heavy atom. The van der Waals surface area contributed by atoms with Crippen molar-refractivity contribution in [2.75, 3.05) is 7.05 Å². The highest BCUT2D eigenvalue weighted by Gasteiger charge is 2.15. The average molecular weight is 258 g/mol. The van der Waals surface area contributed by atoms with Gasteiger partial charge < -0.3 is 5.32 Å². The maximum Gasteiger partial charge on any atom is 0.0468 e. The van der Waals surface area contributed by atoms with E-state index >= 15 is 0 Å². The summed E-state index contributed by atoms with van der Waals surface area (Å²) in [4.78, 5) is 0. The summed E-state index contributed by atoms with van der Waals surface area (Å²) in [6, 6.07) is 5.78. The summed E-state index contributed by atoms with van der Waals surface area (Å²) >= 11 is 12.3. The van der Waals surface area contributed by atoms with Gasteiger partial charge in [-0.3, -0.25) is 0 Å². The molecule has 0 fully saturated rings. The van der Waals surface area contributed by atoms with Crippen molar-refractivity contribution in [2.24, 2.45) is 0 Å². The molecule has 3 heteroatoms. The third-order valence-electron chi connectivity index (χ3n) is 2.56. The fraction of sp³-hybridized carbons (Fsp3) is 0.385. The maximum absolute atomic E-state index is 6.17. The van der Waals surface area contributed by atoms with E-state index in [1.54, 1.807) is 0 Å². The first-order valence-corrected chi connectivity index (χ1v) is 6.07. The third-order valence-corrected chi connectivity index (χ3v) is 3.22. The summed E-state index contributed by atoms with van der Waals surface area (Å²) < 4.78 is 0. The van der Waals surface area contributed by atoms with Gasteiger partial charge in [-0.15, -0.1) is 6.58 Å². The van der Waals surface area contributed by atoms with Crippen LogP contribution in [0.2, 0.25) is 10.0 Å². The fourth-order valence-corrected chi connectivity index (χ4v) is 2.33. The molecule has 0 heterocycles. The van der Waals surface area contributed by atoms with E-state index < -0.39 is 0 Å². The maximum atomic E-state index is 6.17. The zero-order valence-corrected chi connectivity index (χ0v) is 11.2. The molecule has 0 aliphatic carbocycles. The van der Waals surface area contributed by atoms with E-state index in [2.05, 4.69) is 11.9 Å². The van der Waals surface area contributed by atoms with Gasteiger partial charge in [0.15, 0.2) is 0 Å². The Balaban J connectivity index is 2.90. The number of nitrogens with one attached hydrogen (secondary N) is 1. The van der Waals surface area contributed by atoms with Crippen LogP contribution in [0.4, 0.5) is 0 Å². The molecular formula is C13H17Cl2N. The first kappa shape index (κ1) is 13.6. The fourth-order valence-electron chi connectivity index (χ4n) is 1.67. The SMILES string of the molecule is C=C(C)CCC(NC)c1c(Cl)cccc1Cl. The van der Waals surface area contributed by atoms with E-state index in [1.165, 1.54) is 5.57 Å². The summed E-state index contributed by atoms with van der Waals surface area (Å²) in [6.45, 7) is 5.93. The first-order valence-electron chi connectivity index (χ1n) is 5.31. The van der Waals surface area contributed by atoms with Gasteiger partial charge in [-0.1, -0.05) is 34.8 Å². The minimum absolute atomic E-state index is 0.179. The van der Waals surface area contributed by atoms with Crippen LogP contribution in [-0.2, 0) is 0 Å². The highest BCUT2D eigenvalue weighted by atomic mass is 35.5. The van der Waals surface area contributed by atoms with Gasteiger partial charge in [-0.05, 0) is 38.9 Å². The van der Waals surface area contributed by atoms with Crippen molar-refractivity contribution >= 4 is 23.2 Å². The minimum atomic E-state index is 0.179. The lowest BCUT2D eigenvalue weighted by Gasteiger charge is -2.19. The molecule has 1 aromatic carbocycles. The zero-order chi connectivity index (χ0) is 12.1. The number of hydrogen-bond acceptors (Lipinski definition) is 1. The van der Waals surface area contributed by atoms with E-state index in [1.807, 2.05) is 32.2 Å². The molecule has 1 atom stereocenters. The zero-order valence-electron chi connectivity index (χ0n) is 9.69. The van der Waals surface area contributed by atoms with Crippen LogP contribution in [0.1, 0.15) is 31.4 Å². The molecule has 0 aliphatic rings. The monoisotopic (exact) mass is 257 g/mol. The van der Waals surface area contributed by atoms with Crippen LogP contribution < -0.4 is 5.32 Å². The Bertz CT molecular complexity index is 354. The van der Waals surface area contributed by atoms with Gasteiger partial charge in [0.2, 0.25) is 0 Å². The molecule has 0 radical (unpaired) electrons. The topological polar surface area (TPSA) is 12.0 Å². The van der Waals surface area contributed by atoms with Gasteiger partial charge in [-0.2, -0.15) is 0 Å². The second kappa shape index (κ2) is 6.29. The van der Waals surface area contributed by atoms with Crippen LogP contribution >= 0.6 is 23.2 Å². The molecule has 1 unspecified atom stereocenters. The number of allylic oxidation sites excluding steroid dienone is 1. The van der Waals surface area contributed by atoms with Crippen molar-refractivity contribution in [1.29, 1.82) is 0 Å². The van der Waals surface area contributed by atoms with Crippen LogP contribution in [0.5, 0.6) is 0 Å². The lowest BCUT2D eigenvalue weighted by Crippen LogP contribution is -2.17. The van der Waals surface area contributed by atoms with Crippen molar-refractivity contribution in [2.45, 2.75) is 25.8 Å². The second-order valence-corrected chi connectivity index (χ2v) is 4.79. The Morgan fingerprint density at radius 1 is 1.38 bits per heavy atom. The second-order valence-electron chi connectivity index (χ2n) is 3.97. The lowest BCUT2D eigenvalue weighted by molar-refractivity contribution is 0.548. The molecule has 0 spiro atoms. The quantitative estimate of drug-likeness (QED) is 0.760. The normalized spacial score (nSPS) is 12.5. The molecule has 0 aliphatic heterocycles. The Labute approximate surface area is 107 Å². The van der Waals surface area contributed by atoms with E-state index in [9.17, 15) is 0 Å². The predicted molar refractivity (Wildman–Crippen MR) is 72.3 cm³/mol. The number of hydrogen-bond donors (Lipinski definition) is 1. The highest BCUT2D eigenvalue weighted by molar-refractivity contribution is 6.36. The van der Waals surface area contributed by atoms with Crippen LogP contribution in [0, 0.1) is 0 Å². The third kappa shape index (κ3) is 3.51. The van der Waals surface area contributed by atoms with Gasteiger partial charge in [0.05, 0.1) is 0 Å². The minimum Gasteiger partial charge on any atom is -0.313 e. The lowest BCUT2D eigenvalue weighted by atomic mass is 10.00. The average Bonchev–Trinajstić information content (AvgIpc) is 2.22. The Kier molecular flexibility index (Phi) is 5.33. The number of benzene rings is 1. The standard InChI is InChI=1S/C13H17Cl2N/c1-9(2)7-8-12(16-3)13-10(14)5-4-6-11(13)15/h4-6,12,16H,1,7-8H2,2-3H3. The molecule has 1 N–H and O–H groups in total. The van der Waals surface area contributed by atoms with Crippen molar-refractivity contribution in [3.05, 3.63) is 46.0 Å². The molecule has 88 valence electrons. The van der Waals surface area contributed by atoms with Gasteiger partial charge in [0, 0.05) is 21.7 Å². The summed E-state index contributed by atoms with van der Waals surface area (Å²) in [5.74, 6) is 0. The summed E-state index contributed by atoms with van der Waals surface area (Å²) in [6.07, 6.45) is 1.92. The van der Waals surface area contributed by atoms with Crippen molar-refractivity contribution in [1.82, 2.24) is 5.32 Å². The largest absolute Gasteiger partial charge is 0.313 e. The molecule has 1 aromatic rings. The van der Waals surface area contributed by atoms with Crippen molar-refractivity contribution < 1.29 is 0 Å². The van der Waals surface area contributed by atoms with Crippen molar-refractivity contribution in [3.8, 4) is 0 Å². The van der Waals surface area contributed by atoms with Gasteiger partial charge in [0.25, 0.3) is 0 Å². The Morgan fingerprint density at radius 2 is 1.94 bits per heavy atom. The Hall–Kier alpha value is -0.500. The van der Waals surface area contributed by atoms with Crippen LogP contribution in [0.25, 0.3) is 0 Å². The van der Waals surface area contributed by atoms with E-state index in [0.29, 0.717) is 10.0 Å². The van der Waals surface area contributed by atoms with Crippen LogP contribution in [-0.4, -0.2) is 7.05 Å². The molecule has 0 bridgehead atoms.